The van der Waals surface area contributed by atoms with Crippen molar-refractivity contribution >= 4 is 16.0 Å². The summed E-state index contributed by atoms with van der Waals surface area (Å²) in [6.07, 6.45) is -0.0990. The lowest BCUT2D eigenvalue weighted by Gasteiger charge is -2.20. The van der Waals surface area contributed by atoms with Crippen LogP contribution < -0.4 is 9.46 Å². The smallest absolute Gasteiger partial charge is 0.307 e. The van der Waals surface area contributed by atoms with Crippen molar-refractivity contribution in [3.8, 4) is 5.75 Å². The van der Waals surface area contributed by atoms with E-state index in [1.165, 1.54) is 13.2 Å². The molecule has 2 rings (SSSR count). The summed E-state index contributed by atoms with van der Waals surface area (Å²) in [6, 6.07) is 9.90. The molecule has 7 heteroatoms. The van der Waals surface area contributed by atoms with Gasteiger partial charge in [-0.1, -0.05) is 35.9 Å². The van der Waals surface area contributed by atoms with Gasteiger partial charge >= 0.3 is 5.97 Å². The first kappa shape index (κ1) is 21.9. The van der Waals surface area contributed by atoms with Gasteiger partial charge in [-0.25, -0.2) is 13.1 Å². The van der Waals surface area contributed by atoms with Crippen LogP contribution in [0.5, 0.6) is 5.75 Å². The first-order chi connectivity index (χ1) is 13.2. The molecule has 28 heavy (non-hydrogen) atoms. The van der Waals surface area contributed by atoms with Crippen LogP contribution in [-0.2, 0) is 19.6 Å². The molecule has 0 fully saturated rings. The van der Waals surface area contributed by atoms with Gasteiger partial charge in [-0.3, -0.25) is 4.79 Å². The van der Waals surface area contributed by atoms with Crippen LogP contribution in [0.1, 0.15) is 41.6 Å². The van der Waals surface area contributed by atoms with Crippen molar-refractivity contribution in [3.63, 3.8) is 0 Å². The van der Waals surface area contributed by atoms with Gasteiger partial charge in [0.15, 0.2) is 0 Å². The number of ether oxygens (including phenoxy) is 2. The van der Waals surface area contributed by atoms with Crippen LogP contribution in [0.15, 0.2) is 41.3 Å². The SMILES string of the molecule is CCOC(=O)C[C@@H](NS(=O)(=O)c1cc(OC)c(C)cc1C)c1ccc(C)cc1. The quantitative estimate of drug-likeness (QED) is 0.679. The first-order valence-corrected chi connectivity index (χ1v) is 10.6. The van der Waals surface area contributed by atoms with Crippen molar-refractivity contribution in [1.82, 2.24) is 4.72 Å². The molecule has 0 heterocycles. The predicted octanol–water partition coefficient (Wildman–Crippen LogP) is 3.59. The molecule has 2 aromatic carbocycles. The summed E-state index contributed by atoms with van der Waals surface area (Å²) in [6.45, 7) is 7.47. The molecule has 1 atom stereocenters. The monoisotopic (exact) mass is 405 g/mol. The van der Waals surface area contributed by atoms with E-state index in [9.17, 15) is 13.2 Å². The lowest BCUT2D eigenvalue weighted by atomic mass is 10.0. The topological polar surface area (TPSA) is 81.7 Å². The number of aryl methyl sites for hydroxylation is 3. The van der Waals surface area contributed by atoms with Crippen LogP contribution in [0.2, 0.25) is 0 Å². The molecular formula is C21H27NO5S. The Labute approximate surface area is 166 Å². The lowest BCUT2D eigenvalue weighted by molar-refractivity contribution is -0.143. The van der Waals surface area contributed by atoms with E-state index < -0.39 is 22.0 Å². The Hall–Kier alpha value is -2.38. The molecule has 152 valence electrons. The third kappa shape index (κ3) is 5.33. The molecule has 1 N–H and O–H groups in total. The number of carbonyl (C=O) groups is 1. The van der Waals surface area contributed by atoms with Gasteiger partial charge in [-0.15, -0.1) is 0 Å². The average molecular weight is 406 g/mol. The van der Waals surface area contributed by atoms with Gasteiger partial charge in [-0.05, 0) is 44.4 Å². The number of rotatable bonds is 8. The fourth-order valence-corrected chi connectivity index (χ4v) is 4.45. The highest BCUT2D eigenvalue weighted by atomic mass is 32.2. The molecule has 0 radical (unpaired) electrons. The maximum atomic E-state index is 13.1. The van der Waals surface area contributed by atoms with E-state index in [0.29, 0.717) is 16.9 Å². The fraction of sp³-hybridized carbons (Fsp3) is 0.381. The molecule has 0 aliphatic rings. The Morgan fingerprint density at radius 1 is 1.07 bits per heavy atom. The van der Waals surface area contributed by atoms with Crippen molar-refractivity contribution in [2.24, 2.45) is 0 Å². The van der Waals surface area contributed by atoms with Crippen molar-refractivity contribution in [2.75, 3.05) is 13.7 Å². The van der Waals surface area contributed by atoms with E-state index in [-0.39, 0.29) is 17.9 Å². The second-order valence-corrected chi connectivity index (χ2v) is 8.36. The van der Waals surface area contributed by atoms with Crippen LogP contribution in [0.3, 0.4) is 0 Å². The Kier molecular flexibility index (Phi) is 7.21. The maximum Gasteiger partial charge on any atom is 0.307 e. The van der Waals surface area contributed by atoms with E-state index in [1.807, 2.05) is 38.1 Å². The molecule has 0 amide bonds. The van der Waals surface area contributed by atoms with Crippen LogP contribution in [0.4, 0.5) is 0 Å². The summed E-state index contributed by atoms with van der Waals surface area (Å²) in [7, 11) is -2.40. The molecule has 0 bridgehead atoms. The van der Waals surface area contributed by atoms with E-state index in [1.54, 1.807) is 19.9 Å². The summed E-state index contributed by atoms with van der Waals surface area (Å²) < 4.78 is 39.2. The minimum absolute atomic E-state index is 0.0990. The molecular weight excluding hydrogens is 378 g/mol. The molecule has 0 aliphatic heterocycles. The summed E-state index contributed by atoms with van der Waals surface area (Å²) in [5.41, 5.74) is 3.18. The maximum absolute atomic E-state index is 13.1. The summed E-state index contributed by atoms with van der Waals surface area (Å²) in [5, 5.41) is 0. The van der Waals surface area contributed by atoms with Crippen LogP contribution >= 0.6 is 0 Å². The van der Waals surface area contributed by atoms with Gasteiger partial charge in [0.1, 0.15) is 5.75 Å². The van der Waals surface area contributed by atoms with Crippen molar-refractivity contribution < 1.29 is 22.7 Å². The summed E-state index contributed by atoms with van der Waals surface area (Å²) in [5.74, 6) is 0.0252. The molecule has 0 saturated carbocycles. The van der Waals surface area contributed by atoms with Crippen molar-refractivity contribution in [2.45, 2.75) is 45.1 Å². The molecule has 6 nitrogen and oxygen atoms in total. The molecule has 0 aromatic heterocycles. The lowest BCUT2D eigenvalue weighted by Crippen LogP contribution is -2.31. The number of nitrogens with one attached hydrogen (secondary N) is 1. The second kappa shape index (κ2) is 9.21. The zero-order valence-electron chi connectivity index (χ0n) is 16.9. The highest BCUT2D eigenvalue weighted by Crippen LogP contribution is 2.28. The molecule has 2 aromatic rings. The Balaban J connectivity index is 2.41. The number of methoxy groups -OCH3 is 1. The van der Waals surface area contributed by atoms with Gasteiger partial charge < -0.3 is 9.47 Å². The number of carbonyl (C=O) groups excluding carboxylic acids is 1. The van der Waals surface area contributed by atoms with Crippen molar-refractivity contribution in [3.05, 3.63) is 58.7 Å². The minimum atomic E-state index is -3.90. The van der Waals surface area contributed by atoms with E-state index in [0.717, 1.165) is 11.1 Å². The number of hydrogen-bond acceptors (Lipinski definition) is 5. The van der Waals surface area contributed by atoms with Crippen LogP contribution in [-0.4, -0.2) is 28.1 Å². The predicted molar refractivity (Wildman–Crippen MR) is 108 cm³/mol. The summed E-state index contributed by atoms with van der Waals surface area (Å²) in [4.78, 5) is 12.2. The third-order valence-electron chi connectivity index (χ3n) is 4.44. The molecule has 0 aliphatic carbocycles. The number of hydrogen-bond donors (Lipinski definition) is 1. The first-order valence-electron chi connectivity index (χ1n) is 9.07. The zero-order valence-corrected chi connectivity index (χ0v) is 17.7. The van der Waals surface area contributed by atoms with Gasteiger partial charge in [0.2, 0.25) is 10.0 Å². The van der Waals surface area contributed by atoms with E-state index in [4.69, 9.17) is 9.47 Å². The number of benzene rings is 2. The summed E-state index contributed by atoms with van der Waals surface area (Å²) >= 11 is 0. The standard InChI is InChI=1S/C21H27NO5S/c1-6-27-21(23)12-18(17-9-7-14(2)8-10-17)22-28(24,25)20-13-19(26-5)15(3)11-16(20)4/h7-11,13,18,22H,6,12H2,1-5H3/t18-/m1/s1. The van der Waals surface area contributed by atoms with E-state index in [2.05, 4.69) is 4.72 Å². The minimum Gasteiger partial charge on any atom is -0.496 e. The average Bonchev–Trinajstić information content (AvgIpc) is 2.61. The van der Waals surface area contributed by atoms with Crippen LogP contribution in [0.25, 0.3) is 0 Å². The van der Waals surface area contributed by atoms with Gasteiger partial charge in [0.25, 0.3) is 0 Å². The normalized spacial score (nSPS) is 12.5. The number of sulfonamides is 1. The molecule has 0 spiro atoms. The third-order valence-corrected chi connectivity index (χ3v) is 6.05. The number of esters is 1. The van der Waals surface area contributed by atoms with Gasteiger partial charge in [0, 0.05) is 6.07 Å². The Morgan fingerprint density at radius 3 is 2.29 bits per heavy atom. The van der Waals surface area contributed by atoms with Gasteiger partial charge in [-0.2, -0.15) is 0 Å². The second-order valence-electron chi connectivity index (χ2n) is 6.68. The van der Waals surface area contributed by atoms with Crippen LogP contribution in [0, 0.1) is 20.8 Å². The van der Waals surface area contributed by atoms with Crippen molar-refractivity contribution in [1.29, 1.82) is 0 Å². The highest BCUT2D eigenvalue weighted by molar-refractivity contribution is 7.89. The molecule has 0 saturated heterocycles. The zero-order chi connectivity index (χ0) is 20.9. The Bertz CT molecular complexity index is 936. The largest absolute Gasteiger partial charge is 0.496 e. The highest BCUT2D eigenvalue weighted by Gasteiger charge is 2.26. The Morgan fingerprint density at radius 2 is 1.71 bits per heavy atom. The fourth-order valence-electron chi connectivity index (χ4n) is 2.99. The van der Waals surface area contributed by atoms with Gasteiger partial charge in [0.05, 0.1) is 31.1 Å². The molecule has 0 unspecified atom stereocenters. The van der Waals surface area contributed by atoms with E-state index >= 15 is 0 Å².